The van der Waals surface area contributed by atoms with Gasteiger partial charge in [0.05, 0.1) is 0 Å². The van der Waals surface area contributed by atoms with E-state index in [0.29, 0.717) is 5.57 Å². The summed E-state index contributed by atoms with van der Waals surface area (Å²) in [6, 6.07) is 13.9. The molecule has 0 heterocycles. The van der Waals surface area contributed by atoms with E-state index in [1.54, 1.807) is 6.08 Å². The molecule has 0 aliphatic carbocycles. The Labute approximate surface area is 113 Å². The minimum absolute atomic E-state index is 0.386. The molecule has 0 spiro atoms. The van der Waals surface area contributed by atoms with Crippen molar-refractivity contribution in [2.24, 2.45) is 5.41 Å². The molecule has 0 radical (unpaired) electrons. The van der Waals surface area contributed by atoms with Crippen molar-refractivity contribution in [1.29, 1.82) is 0 Å². The highest BCUT2D eigenvalue weighted by Crippen LogP contribution is 2.29. The second kappa shape index (κ2) is 4.88. The number of carboxylic acid groups (broad SMARTS) is 1. The first-order chi connectivity index (χ1) is 8.89. The van der Waals surface area contributed by atoms with Gasteiger partial charge < -0.3 is 5.11 Å². The molecule has 2 aromatic carbocycles. The third-order valence-corrected chi connectivity index (χ3v) is 3.16. The number of hydrogen-bond donors (Lipinski definition) is 1. The molecular formula is C17H18O2. The average molecular weight is 254 g/mol. The van der Waals surface area contributed by atoms with Crippen LogP contribution in [0.15, 0.2) is 48.0 Å². The fraction of sp³-hybridized carbons (Fsp3) is 0.235. The van der Waals surface area contributed by atoms with Gasteiger partial charge in [0.2, 0.25) is 0 Å². The molecule has 2 rings (SSSR count). The van der Waals surface area contributed by atoms with Gasteiger partial charge in [0.1, 0.15) is 0 Å². The van der Waals surface area contributed by atoms with Crippen LogP contribution < -0.4 is 0 Å². The molecule has 2 heteroatoms. The Morgan fingerprint density at radius 3 is 2.32 bits per heavy atom. The number of benzene rings is 2. The first-order valence-corrected chi connectivity index (χ1v) is 6.33. The predicted molar refractivity (Wildman–Crippen MR) is 79.0 cm³/mol. The maximum atomic E-state index is 11.4. The Kier molecular flexibility index (Phi) is 3.43. The molecular weight excluding hydrogens is 236 g/mol. The lowest BCUT2D eigenvalue weighted by molar-refractivity contribution is -0.133. The summed E-state index contributed by atoms with van der Waals surface area (Å²) in [5.74, 6) is -0.861. The van der Waals surface area contributed by atoms with Gasteiger partial charge in [-0.3, -0.25) is 0 Å². The molecule has 2 nitrogen and oxygen atoms in total. The maximum Gasteiger partial charge on any atom is 0.332 e. The summed E-state index contributed by atoms with van der Waals surface area (Å²) in [5, 5.41) is 11.6. The maximum absolute atomic E-state index is 11.4. The molecule has 0 aromatic heterocycles. The van der Waals surface area contributed by atoms with Crippen molar-refractivity contribution in [3.05, 3.63) is 53.6 Å². The number of carboxylic acids is 1. The fourth-order valence-electron chi connectivity index (χ4n) is 2.13. The van der Waals surface area contributed by atoms with Crippen LogP contribution in [-0.4, -0.2) is 11.1 Å². The Balaban J connectivity index is 2.65. The molecule has 0 saturated carbocycles. The van der Waals surface area contributed by atoms with Crippen molar-refractivity contribution in [3.8, 4) is 0 Å². The number of hydrogen-bond acceptors (Lipinski definition) is 1. The van der Waals surface area contributed by atoms with E-state index >= 15 is 0 Å². The normalized spacial score (nSPS) is 12.7. The second-order valence-electron chi connectivity index (χ2n) is 5.68. The van der Waals surface area contributed by atoms with Crippen molar-refractivity contribution in [2.75, 3.05) is 0 Å². The topological polar surface area (TPSA) is 37.3 Å². The molecule has 0 atom stereocenters. The van der Waals surface area contributed by atoms with Crippen LogP contribution in [0.25, 0.3) is 16.8 Å². The molecule has 0 amide bonds. The first kappa shape index (κ1) is 13.3. The van der Waals surface area contributed by atoms with Gasteiger partial charge >= 0.3 is 5.97 Å². The molecule has 19 heavy (non-hydrogen) atoms. The molecule has 0 fully saturated rings. The highest BCUT2D eigenvalue weighted by atomic mass is 16.4. The standard InChI is InChI=1S/C17H18O2/c1-17(2,3)15(16(18)19)11-13-9-6-8-12-7-4-5-10-14(12)13/h4-11H,1-3H3,(H,18,19). The highest BCUT2D eigenvalue weighted by Gasteiger charge is 2.23. The van der Waals surface area contributed by atoms with Crippen molar-refractivity contribution >= 4 is 22.8 Å². The van der Waals surface area contributed by atoms with E-state index in [1.807, 2.05) is 63.2 Å². The summed E-state index contributed by atoms with van der Waals surface area (Å²) in [7, 11) is 0. The molecule has 1 N–H and O–H groups in total. The molecule has 0 aliphatic rings. The van der Waals surface area contributed by atoms with Crippen LogP contribution in [0.1, 0.15) is 26.3 Å². The van der Waals surface area contributed by atoms with E-state index in [-0.39, 0.29) is 5.41 Å². The molecule has 98 valence electrons. The van der Waals surface area contributed by atoms with E-state index in [4.69, 9.17) is 0 Å². The molecule has 0 unspecified atom stereocenters. The average Bonchev–Trinajstić information content (AvgIpc) is 2.34. The van der Waals surface area contributed by atoms with Crippen LogP contribution in [-0.2, 0) is 4.79 Å². The van der Waals surface area contributed by atoms with Crippen LogP contribution in [0, 0.1) is 5.41 Å². The molecule has 0 bridgehead atoms. The Bertz CT molecular complexity index is 640. The van der Waals surface area contributed by atoms with Gasteiger partial charge in [-0.25, -0.2) is 4.79 Å². The summed E-state index contributed by atoms with van der Waals surface area (Å²) >= 11 is 0. The summed E-state index contributed by atoms with van der Waals surface area (Å²) in [6.07, 6.45) is 1.78. The smallest absolute Gasteiger partial charge is 0.332 e. The predicted octanol–water partition coefficient (Wildman–Crippen LogP) is 4.35. The Hall–Kier alpha value is -2.09. The first-order valence-electron chi connectivity index (χ1n) is 6.33. The SMILES string of the molecule is CC(C)(C)C(=Cc1cccc2ccccc12)C(=O)O. The molecule has 2 aromatic rings. The number of rotatable bonds is 2. The third-order valence-electron chi connectivity index (χ3n) is 3.16. The Morgan fingerprint density at radius 2 is 1.68 bits per heavy atom. The quantitative estimate of drug-likeness (QED) is 0.809. The van der Waals surface area contributed by atoms with Crippen LogP contribution in [0.2, 0.25) is 0 Å². The van der Waals surface area contributed by atoms with Crippen LogP contribution in [0.5, 0.6) is 0 Å². The van der Waals surface area contributed by atoms with E-state index < -0.39 is 5.97 Å². The van der Waals surface area contributed by atoms with E-state index in [9.17, 15) is 9.90 Å². The van der Waals surface area contributed by atoms with Gasteiger partial charge in [0.25, 0.3) is 0 Å². The lowest BCUT2D eigenvalue weighted by Gasteiger charge is -2.19. The van der Waals surface area contributed by atoms with Crippen molar-refractivity contribution in [2.45, 2.75) is 20.8 Å². The lowest BCUT2D eigenvalue weighted by atomic mass is 9.85. The summed E-state index contributed by atoms with van der Waals surface area (Å²) < 4.78 is 0. The largest absolute Gasteiger partial charge is 0.478 e. The third kappa shape index (κ3) is 2.84. The van der Waals surface area contributed by atoms with Crippen LogP contribution in [0.4, 0.5) is 0 Å². The summed E-state index contributed by atoms with van der Waals surface area (Å²) in [6.45, 7) is 5.74. The van der Waals surface area contributed by atoms with Crippen molar-refractivity contribution in [1.82, 2.24) is 0 Å². The second-order valence-corrected chi connectivity index (χ2v) is 5.68. The van der Waals surface area contributed by atoms with E-state index in [1.165, 1.54) is 0 Å². The van der Waals surface area contributed by atoms with Crippen molar-refractivity contribution < 1.29 is 9.90 Å². The summed E-state index contributed by atoms with van der Waals surface area (Å²) in [4.78, 5) is 11.4. The van der Waals surface area contributed by atoms with Crippen LogP contribution in [0.3, 0.4) is 0 Å². The Morgan fingerprint density at radius 1 is 1.05 bits per heavy atom. The van der Waals surface area contributed by atoms with Gasteiger partial charge in [0, 0.05) is 5.57 Å². The number of carbonyl (C=O) groups is 1. The van der Waals surface area contributed by atoms with Gasteiger partial charge in [-0.15, -0.1) is 0 Å². The van der Waals surface area contributed by atoms with Crippen LogP contribution >= 0.6 is 0 Å². The van der Waals surface area contributed by atoms with Gasteiger partial charge in [0.15, 0.2) is 0 Å². The molecule has 0 saturated heterocycles. The molecule has 0 aliphatic heterocycles. The number of fused-ring (bicyclic) bond motifs is 1. The van der Waals surface area contributed by atoms with Gasteiger partial charge in [-0.05, 0) is 27.8 Å². The van der Waals surface area contributed by atoms with E-state index in [0.717, 1.165) is 16.3 Å². The zero-order valence-corrected chi connectivity index (χ0v) is 11.5. The lowest BCUT2D eigenvalue weighted by Crippen LogP contribution is -2.17. The minimum Gasteiger partial charge on any atom is -0.478 e. The fourth-order valence-corrected chi connectivity index (χ4v) is 2.13. The van der Waals surface area contributed by atoms with E-state index in [2.05, 4.69) is 0 Å². The van der Waals surface area contributed by atoms with Gasteiger partial charge in [-0.2, -0.15) is 0 Å². The van der Waals surface area contributed by atoms with Gasteiger partial charge in [-0.1, -0.05) is 63.2 Å². The van der Waals surface area contributed by atoms with Crippen molar-refractivity contribution in [3.63, 3.8) is 0 Å². The monoisotopic (exact) mass is 254 g/mol. The minimum atomic E-state index is -0.861. The zero-order valence-electron chi connectivity index (χ0n) is 11.5. The zero-order chi connectivity index (χ0) is 14.0. The highest BCUT2D eigenvalue weighted by molar-refractivity contribution is 5.98. The number of aliphatic carboxylic acids is 1. The summed E-state index contributed by atoms with van der Waals surface area (Å²) in [5.41, 5.74) is 0.984.